The van der Waals surface area contributed by atoms with Crippen LogP contribution in [0.1, 0.15) is 47.6 Å². The molecule has 0 atom stereocenters. The van der Waals surface area contributed by atoms with Crippen LogP contribution < -0.4 is 4.74 Å². The Morgan fingerprint density at radius 3 is 2.55 bits per heavy atom. The molecule has 0 radical (unpaired) electrons. The van der Waals surface area contributed by atoms with Gasteiger partial charge in [0.2, 0.25) is 0 Å². The first-order chi connectivity index (χ1) is 9.69. The number of aryl methyl sites for hydroxylation is 2. The van der Waals surface area contributed by atoms with Crippen LogP contribution in [0.25, 0.3) is 0 Å². The van der Waals surface area contributed by atoms with Crippen molar-refractivity contribution >= 4 is 0 Å². The zero-order valence-electron chi connectivity index (χ0n) is 11.7. The van der Waals surface area contributed by atoms with Crippen LogP contribution >= 0.6 is 0 Å². The van der Waals surface area contributed by atoms with E-state index in [4.69, 9.17) is 10.00 Å². The Morgan fingerprint density at radius 1 is 1.30 bits per heavy atom. The summed E-state index contributed by atoms with van der Waals surface area (Å²) >= 11 is 0. The van der Waals surface area contributed by atoms with Gasteiger partial charge in [-0.2, -0.15) is 10.4 Å². The number of nitrogens with zero attached hydrogens (tertiary/aromatic N) is 2. The van der Waals surface area contributed by atoms with Gasteiger partial charge in [0.05, 0.1) is 17.8 Å². The van der Waals surface area contributed by atoms with E-state index in [9.17, 15) is 0 Å². The first-order valence-corrected chi connectivity index (χ1v) is 6.92. The van der Waals surface area contributed by atoms with Gasteiger partial charge in [-0.25, -0.2) is 0 Å². The fourth-order valence-electron chi connectivity index (χ4n) is 2.63. The molecular weight excluding hydrogens is 250 g/mol. The molecule has 3 rings (SSSR count). The molecule has 0 unspecified atom stereocenters. The number of H-pyrrole nitrogens is 1. The third kappa shape index (κ3) is 2.16. The largest absolute Gasteiger partial charge is 0.454 e. The van der Waals surface area contributed by atoms with Crippen molar-refractivity contribution in [2.24, 2.45) is 0 Å². The molecule has 0 bridgehead atoms. The third-order valence-electron chi connectivity index (χ3n) is 3.97. The average Bonchev–Trinajstić information content (AvgIpc) is 2.75. The molecule has 4 nitrogen and oxygen atoms in total. The number of benzene rings is 1. The monoisotopic (exact) mass is 267 g/mol. The Balaban J connectivity index is 1.88. The molecule has 1 N–H and O–H groups in total. The maximum atomic E-state index is 9.10. The molecule has 1 aromatic carbocycles. The predicted molar refractivity (Wildman–Crippen MR) is 75.9 cm³/mol. The fraction of sp³-hybridized carbons (Fsp3) is 0.375. The van der Waals surface area contributed by atoms with Gasteiger partial charge >= 0.3 is 0 Å². The van der Waals surface area contributed by atoms with Gasteiger partial charge in [-0.3, -0.25) is 5.10 Å². The molecule has 102 valence electrons. The zero-order chi connectivity index (χ0) is 14.1. The van der Waals surface area contributed by atoms with E-state index in [0.29, 0.717) is 5.92 Å². The highest BCUT2D eigenvalue weighted by Gasteiger charge is 2.25. The van der Waals surface area contributed by atoms with Crippen LogP contribution in [0.5, 0.6) is 11.5 Å². The van der Waals surface area contributed by atoms with Crippen molar-refractivity contribution in [2.45, 2.75) is 39.0 Å². The summed E-state index contributed by atoms with van der Waals surface area (Å²) in [5, 5.41) is 16.3. The van der Waals surface area contributed by atoms with Crippen molar-refractivity contribution in [3.8, 4) is 17.6 Å². The summed E-state index contributed by atoms with van der Waals surface area (Å²) in [7, 11) is 0. The Kier molecular flexibility index (Phi) is 3.19. The van der Waals surface area contributed by atoms with Crippen molar-refractivity contribution in [2.75, 3.05) is 0 Å². The van der Waals surface area contributed by atoms with Gasteiger partial charge in [-0.05, 0) is 49.9 Å². The molecule has 0 saturated heterocycles. The lowest BCUT2D eigenvalue weighted by atomic mass is 9.83. The third-order valence-corrected chi connectivity index (χ3v) is 3.97. The lowest BCUT2D eigenvalue weighted by molar-refractivity contribution is 0.390. The van der Waals surface area contributed by atoms with Gasteiger partial charge in [0.15, 0.2) is 5.75 Å². The minimum absolute atomic E-state index is 0.525. The van der Waals surface area contributed by atoms with Crippen molar-refractivity contribution in [3.63, 3.8) is 0 Å². The number of hydrogen-bond acceptors (Lipinski definition) is 3. The van der Waals surface area contributed by atoms with Crippen LogP contribution in [0.2, 0.25) is 0 Å². The van der Waals surface area contributed by atoms with E-state index in [0.717, 1.165) is 33.9 Å². The second-order valence-corrected chi connectivity index (χ2v) is 5.41. The minimum Gasteiger partial charge on any atom is -0.454 e. The van der Waals surface area contributed by atoms with E-state index in [1.54, 1.807) is 6.20 Å². The van der Waals surface area contributed by atoms with E-state index in [2.05, 4.69) is 16.3 Å². The Labute approximate surface area is 118 Å². The molecular formula is C16H17N3O. The number of ether oxygens (including phenoxy) is 1. The van der Waals surface area contributed by atoms with E-state index in [1.807, 2.05) is 26.0 Å². The fourth-order valence-corrected chi connectivity index (χ4v) is 2.63. The topological polar surface area (TPSA) is 61.7 Å². The molecule has 20 heavy (non-hydrogen) atoms. The highest BCUT2D eigenvalue weighted by molar-refractivity contribution is 5.49. The van der Waals surface area contributed by atoms with Crippen LogP contribution in [-0.4, -0.2) is 10.2 Å². The zero-order valence-corrected chi connectivity index (χ0v) is 11.7. The summed E-state index contributed by atoms with van der Waals surface area (Å²) < 4.78 is 5.96. The number of nitrogens with one attached hydrogen (secondary N) is 1. The van der Waals surface area contributed by atoms with E-state index < -0.39 is 0 Å². The molecule has 1 fully saturated rings. The van der Waals surface area contributed by atoms with Crippen molar-refractivity contribution < 1.29 is 4.74 Å². The Morgan fingerprint density at radius 2 is 2.00 bits per heavy atom. The number of hydrogen-bond donors (Lipinski definition) is 1. The summed E-state index contributed by atoms with van der Waals surface area (Å²) in [5.74, 6) is 2.09. The van der Waals surface area contributed by atoms with Crippen LogP contribution in [-0.2, 0) is 0 Å². The molecule has 0 spiro atoms. The van der Waals surface area contributed by atoms with E-state index >= 15 is 0 Å². The average molecular weight is 267 g/mol. The second-order valence-electron chi connectivity index (χ2n) is 5.41. The van der Waals surface area contributed by atoms with Crippen molar-refractivity contribution in [1.29, 1.82) is 5.26 Å². The number of aromatic amines is 1. The van der Waals surface area contributed by atoms with Gasteiger partial charge in [-0.1, -0.05) is 6.42 Å². The highest BCUT2D eigenvalue weighted by atomic mass is 16.5. The number of nitriles is 1. The van der Waals surface area contributed by atoms with Gasteiger partial charge in [-0.15, -0.1) is 0 Å². The molecule has 4 heteroatoms. The quantitative estimate of drug-likeness (QED) is 0.915. The summed E-state index contributed by atoms with van der Waals surface area (Å²) in [5.41, 5.74) is 3.63. The van der Waals surface area contributed by atoms with Gasteiger partial charge in [0.1, 0.15) is 11.4 Å². The van der Waals surface area contributed by atoms with Gasteiger partial charge in [0, 0.05) is 5.92 Å². The molecule has 1 aliphatic rings. The Hall–Kier alpha value is -2.28. The minimum atomic E-state index is 0.525. The van der Waals surface area contributed by atoms with Crippen molar-refractivity contribution in [1.82, 2.24) is 10.2 Å². The summed E-state index contributed by atoms with van der Waals surface area (Å²) in [6.45, 7) is 3.86. The van der Waals surface area contributed by atoms with Crippen LogP contribution in [0, 0.1) is 25.2 Å². The molecule has 0 aliphatic heterocycles. The summed E-state index contributed by atoms with van der Waals surface area (Å²) in [6, 6.07) is 6.04. The molecule has 0 amide bonds. The number of rotatable bonds is 3. The second kappa shape index (κ2) is 5.01. The SMILES string of the molecule is Cc1cc(Oc2c[nH]nc2C2CCC2)cc(C)c1C#N. The molecule has 1 saturated carbocycles. The van der Waals surface area contributed by atoms with E-state index in [1.165, 1.54) is 19.3 Å². The summed E-state index contributed by atoms with van der Waals surface area (Å²) in [6.07, 6.45) is 5.45. The predicted octanol–water partition coefficient (Wildman–Crippen LogP) is 3.96. The van der Waals surface area contributed by atoms with E-state index in [-0.39, 0.29) is 0 Å². The smallest absolute Gasteiger partial charge is 0.168 e. The lowest BCUT2D eigenvalue weighted by Crippen LogP contribution is -2.10. The molecule has 2 aromatic rings. The maximum absolute atomic E-state index is 9.10. The molecule has 1 aliphatic carbocycles. The molecule has 1 heterocycles. The first-order valence-electron chi connectivity index (χ1n) is 6.92. The lowest BCUT2D eigenvalue weighted by Gasteiger charge is -2.24. The highest BCUT2D eigenvalue weighted by Crippen LogP contribution is 2.40. The number of aromatic nitrogens is 2. The Bertz CT molecular complexity index is 654. The normalized spacial score (nSPS) is 14.7. The first kappa shape index (κ1) is 12.7. The standard InChI is InChI=1S/C16H17N3O/c1-10-6-13(7-11(2)14(10)8-17)20-15-9-18-19-16(15)12-4-3-5-12/h6-7,9,12H,3-5H2,1-2H3,(H,18,19). The van der Waals surface area contributed by atoms with Gasteiger partial charge in [0.25, 0.3) is 0 Å². The summed E-state index contributed by atoms with van der Waals surface area (Å²) in [4.78, 5) is 0. The molecule has 1 aromatic heterocycles. The maximum Gasteiger partial charge on any atom is 0.168 e. The van der Waals surface area contributed by atoms with Crippen LogP contribution in [0.15, 0.2) is 18.3 Å². The van der Waals surface area contributed by atoms with Crippen LogP contribution in [0.4, 0.5) is 0 Å². The van der Waals surface area contributed by atoms with Crippen molar-refractivity contribution in [3.05, 3.63) is 40.7 Å². The van der Waals surface area contributed by atoms with Gasteiger partial charge < -0.3 is 4.74 Å². The van der Waals surface area contributed by atoms with Crippen LogP contribution in [0.3, 0.4) is 0 Å².